The smallest absolute Gasteiger partial charge is 0.258 e. The Morgan fingerprint density at radius 3 is 2.67 bits per heavy atom. The molecule has 1 fully saturated rings. The monoisotopic (exact) mass is 457 g/mol. The van der Waals surface area contributed by atoms with E-state index in [9.17, 15) is 4.79 Å². The number of aryl methyl sites for hydroxylation is 1. The van der Waals surface area contributed by atoms with Gasteiger partial charge in [0.25, 0.3) is 5.91 Å². The van der Waals surface area contributed by atoms with Crippen molar-refractivity contribution in [3.05, 3.63) is 71.1 Å². The number of aromatic nitrogens is 2. The molecule has 1 amide bonds. The van der Waals surface area contributed by atoms with Crippen molar-refractivity contribution in [2.75, 3.05) is 43.4 Å². The number of pyridine rings is 1. The molecule has 0 saturated carbocycles. The number of hydrogen-bond donors (Lipinski definition) is 1. The maximum atomic E-state index is 13.7. The molecule has 33 heavy (non-hydrogen) atoms. The first-order valence-corrected chi connectivity index (χ1v) is 12.4. The largest absolute Gasteiger partial charge is 0.368 e. The van der Waals surface area contributed by atoms with E-state index in [0.29, 0.717) is 0 Å². The first-order valence-electron chi connectivity index (χ1n) is 11.6. The number of carbonyl (C=O) groups is 1. The topological polar surface area (TPSA) is 53.4 Å². The molecule has 7 heteroatoms. The summed E-state index contributed by atoms with van der Waals surface area (Å²) in [6.07, 6.45) is 10.9. The lowest BCUT2D eigenvalue weighted by Crippen LogP contribution is -2.44. The van der Waals surface area contributed by atoms with E-state index in [0.717, 1.165) is 72.5 Å². The summed E-state index contributed by atoms with van der Waals surface area (Å²) in [5, 5.41) is 6.37. The van der Waals surface area contributed by atoms with Gasteiger partial charge in [-0.2, -0.15) is 0 Å². The maximum Gasteiger partial charge on any atom is 0.258 e. The summed E-state index contributed by atoms with van der Waals surface area (Å²) >= 11 is 1.75. The molecule has 1 aliphatic heterocycles. The zero-order valence-corrected chi connectivity index (χ0v) is 19.6. The van der Waals surface area contributed by atoms with Crippen LogP contribution in [0, 0.1) is 0 Å². The predicted molar refractivity (Wildman–Crippen MR) is 135 cm³/mol. The van der Waals surface area contributed by atoms with Gasteiger partial charge in [0.05, 0.1) is 11.3 Å². The average molecular weight is 458 g/mol. The van der Waals surface area contributed by atoms with Crippen molar-refractivity contribution in [3.8, 4) is 5.00 Å². The highest BCUT2D eigenvalue weighted by molar-refractivity contribution is 7.15. The highest BCUT2D eigenvalue weighted by Crippen LogP contribution is 2.39. The van der Waals surface area contributed by atoms with Crippen LogP contribution in [0.4, 0.5) is 11.4 Å². The SMILES string of the molecule is CN1CCN(c2ccc(NC(=O)c3c(-n4cccc4)sc4c3CCC4)c3cnccc23)CC1. The lowest BCUT2D eigenvalue weighted by atomic mass is 10.1. The van der Waals surface area contributed by atoms with Crippen molar-refractivity contribution in [1.29, 1.82) is 0 Å². The Kier molecular flexibility index (Phi) is 5.15. The number of nitrogens with zero attached hydrogens (tertiary/aromatic N) is 4. The normalized spacial score (nSPS) is 16.3. The van der Waals surface area contributed by atoms with Gasteiger partial charge in [-0.3, -0.25) is 9.78 Å². The Bertz CT molecular complexity index is 1320. The first kappa shape index (κ1) is 20.4. The molecule has 0 bridgehead atoms. The summed E-state index contributed by atoms with van der Waals surface area (Å²) in [4.78, 5) is 24.2. The highest BCUT2D eigenvalue weighted by atomic mass is 32.1. The molecule has 1 saturated heterocycles. The van der Waals surface area contributed by atoms with Gasteiger partial charge in [0.15, 0.2) is 0 Å². The number of benzene rings is 1. The third kappa shape index (κ3) is 3.61. The molecule has 0 atom stereocenters. The van der Waals surface area contributed by atoms with Gasteiger partial charge in [-0.25, -0.2) is 0 Å². The number of hydrogen-bond acceptors (Lipinski definition) is 5. The lowest BCUT2D eigenvalue weighted by molar-refractivity contribution is 0.102. The molecule has 2 aliphatic rings. The van der Waals surface area contributed by atoms with Crippen LogP contribution in [0.25, 0.3) is 15.8 Å². The van der Waals surface area contributed by atoms with Crippen molar-refractivity contribution < 1.29 is 4.79 Å². The fourth-order valence-corrected chi connectivity index (χ4v) is 6.42. The van der Waals surface area contributed by atoms with E-state index in [1.165, 1.54) is 16.1 Å². The molecule has 0 radical (unpaired) electrons. The second-order valence-corrected chi connectivity index (χ2v) is 10.0. The number of amides is 1. The molecule has 168 valence electrons. The number of carbonyl (C=O) groups excluding carboxylic acids is 1. The van der Waals surface area contributed by atoms with Gasteiger partial charge in [-0.1, -0.05) is 0 Å². The van der Waals surface area contributed by atoms with Gasteiger partial charge in [0.1, 0.15) is 5.00 Å². The molecule has 1 N–H and O–H groups in total. The molecule has 4 aromatic rings. The molecule has 0 unspecified atom stereocenters. The summed E-state index contributed by atoms with van der Waals surface area (Å²) in [5.74, 6) is -0.0319. The molecule has 3 aromatic heterocycles. The highest BCUT2D eigenvalue weighted by Gasteiger charge is 2.28. The second kappa shape index (κ2) is 8.32. The Hall–Kier alpha value is -3.16. The fraction of sp³-hybridized carbons (Fsp3) is 0.308. The second-order valence-electron chi connectivity index (χ2n) is 8.93. The van der Waals surface area contributed by atoms with E-state index < -0.39 is 0 Å². The minimum absolute atomic E-state index is 0.0319. The van der Waals surface area contributed by atoms with Gasteiger partial charge < -0.3 is 19.7 Å². The van der Waals surface area contributed by atoms with E-state index in [1.54, 1.807) is 11.3 Å². The van der Waals surface area contributed by atoms with Crippen LogP contribution < -0.4 is 10.2 Å². The van der Waals surface area contributed by atoms with Crippen LogP contribution in [-0.4, -0.2) is 53.6 Å². The van der Waals surface area contributed by atoms with E-state index in [2.05, 4.69) is 43.8 Å². The summed E-state index contributed by atoms with van der Waals surface area (Å²) in [7, 11) is 2.17. The van der Waals surface area contributed by atoms with Crippen LogP contribution in [0.15, 0.2) is 55.1 Å². The van der Waals surface area contributed by atoms with E-state index in [4.69, 9.17) is 0 Å². The van der Waals surface area contributed by atoms with Crippen LogP contribution in [0.3, 0.4) is 0 Å². The van der Waals surface area contributed by atoms with Crippen LogP contribution in [-0.2, 0) is 12.8 Å². The fourth-order valence-electron chi connectivity index (χ4n) is 5.07. The summed E-state index contributed by atoms with van der Waals surface area (Å²) in [5.41, 5.74) is 4.07. The molecular weight excluding hydrogens is 430 g/mol. The number of piperazine rings is 1. The maximum absolute atomic E-state index is 13.7. The number of fused-ring (bicyclic) bond motifs is 2. The molecule has 4 heterocycles. The lowest BCUT2D eigenvalue weighted by Gasteiger charge is -2.34. The summed E-state index contributed by atoms with van der Waals surface area (Å²) < 4.78 is 2.06. The minimum Gasteiger partial charge on any atom is -0.368 e. The standard InChI is InChI=1S/C26H27N5OS/c1-29-13-15-30(16-14-29)22-8-7-21(20-17-27-10-9-18(20)22)28-25(32)24-19-5-4-6-23(19)33-26(24)31-11-2-3-12-31/h2-3,7-12,17H,4-6,13-16H2,1H3,(H,28,32). The van der Waals surface area contributed by atoms with Crippen LogP contribution in [0.1, 0.15) is 27.2 Å². The Morgan fingerprint density at radius 1 is 1.03 bits per heavy atom. The van der Waals surface area contributed by atoms with Gasteiger partial charge in [0, 0.05) is 72.3 Å². The quantitative estimate of drug-likeness (QED) is 0.487. The number of likely N-dealkylation sites (N-methyl/N-ethyl adjacent to an activating group) is 1. The Labute approximate surface area is 197 Å². The van der Waals surface area contributed by atoms with Gasteiger partial charge in [0.2, 0.25) is 0 Å². The van der Waals surface area contributed by atoms with E-state index in [1.807, 2.05) is 43.0 Å². The molecule has 6 rings (SSSR count). The van der Waals surface area contributed by atoms with E-state index >= 15 is 0 Å². The molecule has 1 aliphatic carbocycles. The third-order valence-electron chi connectivity index (χ3n) is 6.86. The van der Waals surface area contributed by atoms with Gasteiger partial charge in [-0.15, -0.1) is 11.3 Å². The van der Waals surface area contributed by atoms with Crippen LogP contribution >= 0.6 is 11.3 Å². The number of nitrogens with one attached hydrogen (secondary N) is 1. The van der Waals surface area contributed by atoms with Crippen molar-refractivity contribution >= 4 is 39.4 Å². The average Bonchev–Trinajstić information content (AvgIpc) is 3.57. The number of rotatable bonds is 4. The zero-order chi connectivity index (χ0) is 22.4. The number of thiophene rings is 1. The molecule has 6 nitrogen and oxygen atoms in total. The number of anilines is 2. The van der Waals surface area contributed by atoms with Crippen molar-refractivity contribution in [2.24, 2.45) is 0 Å². The Morgan fingerprint density at radius 2 is 1.85 bits per heavy atom. The van der Waals surface area contributed by atoms with Crippen molar-refractivity contribution in [1.82, 2.24) is 14.5 Å². The Balaban J connectivity index is 1.37. The predicted octanol–water partition coefficient (Wildman–Crippen LogP) is 4.58. The third-order valence-corrected chi connectivity index (χ3v) is 8.16. The molecule has 1 aromatic carbocycles. The first-order chi connectivity index (χ1) is 16.2. The molecular formula is C26H27N5OS. The van der Waals surface area contributed by atoms with Gasteiger partial charge in [-0.05, 0) is 62.2 Å². The van der Waals surface area contributed by atoms with Crippen molar-refractivity contribution in [2.45, 2.75) is 19.3 Å². The van der Waals surface area contributed by atoms with Crippen LogP contribution in [0.2, 0.25) is 0 Å². The van der Waals surface area contributed by atoms with Crippen molar-refractivity contribution in [3.63, 3.8) is 0 Å². The van der Waals surface area contributed by atoms with Crippen LogP contribution in [0.5, 0.6) is 0 Å². The van der Waals surface area contributed by atoms with Gasteiger partial charge >= 0.3 is 0 Å². The van der Waals surface area contributed by atoms with E-state index in [-0.39, 0.29) is 5.91 Å². The zero-order valence-electron chi connectivity index (χ0n) is 18.8. The summed E-state index contributed by atoms with van der Waals surface area (Å²) in [6.45, 7) is 4.11. The minimum atomic E-state index is -0.0319. The summed E-state index contributed by atoms with van der Waals surface area (Å²) in [6, 6.07) is 10.3. The molecule has 0 spiro atoms.